The quantitative estimate of drug-likeness (QED) is 0.656. The molecule has 6 nitrogen and oxygen atoms in total. The number of ketones is 1. The first-order valence-electron chi connectivity index (χ1n) is 10.5. The number of rotatable bonds is 5. The number of piperazine rings is 1. The number of hydrogen-bond donors (Lipinski definition) is 1. The van der Waals surface area contributed by atoms with E-state index in [0.717, 1.165) is 60.9 Å². The van der Waals surface area contributed by atoms with Crippen molar-refractivity contribution in [3.63, 3.8) is 0 Å². The van der Waals surface area contributed by atoms with Gasteiger partial charge in [0.05, 0.1) is 37.4 Å². The molecular weight excluding hydrogens is 376 g/mol. The lowest BCUT2D eigenvalue weighted by Crippen LogP contribution is -3.13. The Morgan fingerprint density at radius 2 is 1.60 bits per heavy atom. The summed E-state index contributed by atoms with van der Waals surface area (Å²) in [5.41, 5.74) is 4.80. The van der Waals surface area contributed by atoms with Crippen molar-refractivity contribution < 1.29 is 9.69 Å². The van der Waals surface area contributed by atoms with Crippen molar-refractivity contribution >= 4 is 11.5 Å². The fourth-order valence-corrected chi connectivity index (χ4v) is 4.24. The average Bonchev–Trinajstić information content (AvgIpc) is 2.98. The van der Waals surface area contributed by atoms with E-state index in [-0.39, 0.29) is 11.3 Å². The fraction of sp³-hybridized carbons (Fsp3) is 0.333. The van der Waals surface area contributed by atoms with Gasteiger partial charge in [0.15, 0.2) is 5.78 Å². The van der Waals surface area contributed by atoms with Crippen LogP contribution in [0.15, 0.2) is 59.4 Å². The number of anilines is 1. The second kappa shape index (κ2) is 8.32. The fourth-order valence-electron chi connectivity index (χ4n) is 4.24. The lowest BCUT2D eigenvalue weighted by atomic mass is 10.1. The summed E-state index contributed by atoms with van der Waals surface area (Å²) >= 11 is 0. The Morgan fingerprint density at radius 1 is 0.967 bits per heavy atom. The summed E-state index contributed by atoms with van der Waals surface area (Å²) in [6.45, 7) is 8.20. The summed E-state index contributed by atoms with van der Waals surface area (Å²) in [5.74, 6) is 0.0928. The third-order valence-corrected chi connectivity index (χ3v) is 6.21. The smallest absolute Gasteiger partial charge is 0.280 e. The maximum Gasteiger partial charge on any atom is 0.280 e. The molecule has 0 unspecified atom stereocenters. The van der Waals surface area contributed by atoms with E-state index in [2.05, 4.69) is 4.90 Å². The third kappa shape index (κ3) is 3.83. The van der Waals surface area contributed by atoms with Crippen LogP contribution in [-0.2, 0) is 13.6 Å². The molecule has 1 aliphatic heterocycles. The number of carbonyl (C=O) groups is 1. The molecule has 1 aromatic heterocycles. The van der Waals surface area contributed by atoms with E-state index in [0.29, 0.717) is 0 Å². The minimum Gasteiger partial charge on any atom is -0.360 e. The minimum atomic E-state index is 0.0796. The van der Waals surface area contributed by atoms with Crippen LogP contribution < -0.4 is 15.4 Å². The lowest BCUT2D eigenvalue weighted by molar-refractivity contribution is -0.914. The predicted octanol–water partition coefficient (Wildman–Crippen LogP) is 1.59. The van der Waals surface area contributed by atoms with Crippen molar-refractivity contribution in [1.29, 1.82) is 0 Å². The van der Waals surface area contributed by atoms with Crippen LogP contribution in [0, 0.1) is 6.92 Å². The van der Waals surface area contributed by atoms with Gasteiger partial charge in [0.2, 0.25) is 0 Å². The number of nitrogens with zero attached hydrogens (tertiary/aromatic N) is 3. The molecule has 2 aromatic carbocycles. The largest absolute Gasteiger partial charge is 0.360 e. The summed E-state index contributed by atoms with van der Waals surface area (Å²) in [5, 5.41) is 0. The van der Waals surface area contributed by atoms with Crippen molar-refractivity contribution in [2.45, 2.75) is 20.4 Å². The molecule has 0 atom stereocenters. The molecule has 0 saturated carbocycles. The molecule has 0 bridgehead atoms. The Balaban J connectivity index is 1.46. The van der Waals surface area contributed by atoms with Crippen molar-refractivity contribution in [3.05, 3.63) is 81.8 Å². The lowest BCUT2D eigenvalue weighted by Gasteiger charge is -2.33. The van der Waals surface area contributed by atoms with Crippen LogP contribution in [0.4, 0.5) is 5.69 Å². The summed E-state index contributed by atoms with van der Waals surface area (Å²) in [4.78, 5) is 28.4. The number of Topliss-reactive ketones (excluding diaryl/α,β-unsaturated/α-hetero) is 1. The van der Waals surface area contributed by atoms with E-state index in [9.17, 15) is 9.59 Å². The van der Waals surface area contributed by atoms with Crippen molar-refractivity contribution in [2.24, 2.45) is 7.05 Å². The minimum absolute atomic E-state index is 0.0796. The van der Waals surface area contributed by atoms with Gasteiger partial charge in [-0.1, -0.05) is 18.2 Å². The molecule has 1 fully saturated rings. The van der Waals surface area contributed by atoms with Crippen LogP contribution in [0.1, 0.15) is 28.5 Å². The molecular formula is C24H29N4O2+. The highest BCUT2D eigenvalue weighted by molar-refractivity contribution is 5.94. The van der Waals surface area contributed by atoms with E-state index in [1.807, 2.05) is 73.3 Å². The van der Waals surface area contributed by atoms with E-state index < -0.39 is 0 Å². The van der Waals surface area contributed by atoms with Crippen molar-refractivity contribution in [1.82, 2.24) is 9.36 Å². The van der Waals surface area contributed by atoms with Gasteiger partial charge in [0, 0.05) is 24.0 Å². The Morgan fingerprint density at radius 3 is 2.20 bits per heavy atom. The Hall–Kier alpha value is -3.12. The van der Waals surface area contributed by atoms with Gasteiger partial charge in [-0.05, 0) is 50.2 Å². The first-order valence-corrected chi connectivity index (χ1v) is 10.5. The molecule has 156 valence electrons. The number of benzene rings is 2. The van der Waals surface area contributed by atoms with Gasteiger partial charge in [0.25, 0.3) is 5.56 Å². The van der Waals surface area contributed by atoms with E-state index in [4.69, 9.17) is 0 Å². The second-order valence-corrected chi connectivity index (χ2v) is 8.06. The molecule has 3 aromatic rings. The maximum atomic E-state index is 13.1. The average molecular weight is 406 g/mol. The molecule has 4 rings (SSSR count). The molecule has 6 heteroatoms. The summed E-state index contributed by atoms with van der Waals surface area (Å²) < 4.78 is 3.72. The van der Waals surface area contributed by atoms with Gasteiger partial charge in [-0.25, -0.2) is 4.68 Å². The van der Waals surface area contributed by atoms with E-state index in [1.165, 1.54) is 4.90 Å². The summed E-state index contributed by atoms with van der Waals surface area (Å²) in [7, 11) is 1.95. The van der Waals surface area contributed by atoms with Gasteiger partial charge < -0.3 is 9.80 Å². The summed E-state index contributed by atoms with van der Waals surface area (Å²) in [6.07, 6.45) is 0. The van der Waals surface area contributed by atoms with Crippen LogP contribution in [-0.4, -0.2) is 41.3 Å². The zero-order valence-electron chi connectivity index (χ0n) is 17.9. The van der Waals surface area contributed by atoms with Crippen LogP contribution in [0.5, 0.6) is 0 Å². The van der Waals surface area contributed by atoms with Crippen LogP contribution in [0.3, 0.4) is 0 Å². The van der Waals surface area contributed by atoms with Gasteiger partial charge in [-0.15, -0.1) is 0 Å². The van der Waals surface area contributed by atoms with Gasteiger partial charge in [0.1, 0.15) is 6.54 Å². The third-order valence-electron chi connectivity index (χ3n) is 6.21. The highest BCUT2D eigenvalue weighted by Gasteiger charge is 2.25. The standard InChI is InChI=1S/C24H28N4O2/c1-18-23(24(30)28(25(18)3)22-7-5-4-6-8-22)17-26-13-15-27(16-14-26)21-11-9-20(10-12-21)19(2)29/h4-12H,13-17H2,1-3H3/p+1. The van der Waals surface area contributed by atoms with E-state index >= 15 is 0 Å². The highest BCUT2D eigenvalue weighted by atomic mass is 16.1. The molecule has 1 N–H and O–H groups in total. The van der Waals surface area contributed by atoms with Crippen molar-refractivity contribution in [2.75, 3.05) is 31.1 Å². The number of nitrogens with one attached hydrogen (secondary N) is 1. The van der Waals surface area contributed by atoms with Crippen molar-refractivity contribution in [3.8, 4) is 5.69 Å². The Bertz CT molecular complexity index is 1090. The topological polar surface area (TPSA) is 51.7 Å². The Kier molecular flexibility index (Phi) is 5.59. The van der Waals surface area contributed by atoms with Crippen LogP contribution >= 0.6 is 0 Å². The highest BCUT2D eigenvalue weighted by Crippen LogP contribution is 2.16. The van der Waals surface area contributed by atoms with Crippen LogP contribution in [0.25, 0.3) is 5.69 Å². The van der Waals surface area contributed by atoms with Gasteiger partial charge in [-0.2, -0.15) is 0 Å². The first kappa shape index (κ1) is 20.2. The van der Waals surface area contributed by atoms with Gasteiger partial charge in [-0.3, -0.25) is 14.3 Å². The molecule has 1 aliphatic rings. The predicted molar refractivity (Wildman–Crippen MR) is 119 cm³/mol. The Labute approximate surface area is 176 Å². The molecule has 2 heterocycles. The zero-order chi connectivity index (χ0) is 21.3. The number of carbonyl (C=O) groups excluding carboxylic acids is 1. The normalized spacial score (nSPS) is 14.8. The zero-order valence-corrected chi connectivity index (χ0v) is 17.9. The second-order valence-electron chi connectivity index (χ2n) is 8.06. The first-order chi connectivity index (χ1) is 14.5. The van der Waals surface area contributed by atoms with Gasteiger partial charge >= 0.3 is 0 Å². The maximum absolute atomic E-state index is 13.1. The SMILES string of the molecule is CC(=O)c1ccc(N2CC[NH+](Cc3c(C)n(C)n(-c4ccccc4)c3=O)CC2)cc1. The molecule has 0 radical (unpaired) electrons. The van der Waals surface area contributed by atoms with Crippen LogP contribution in [0.2, 0.25) is 0 Å². The number of hydrogen-bond acceptors (Lipinski definition) is 3. The molecule has 0 spiro atoms. The monoisotopic (exact) mass is 405 g/mol. The molecule has 30 heavy (non-hydrogen) atoms. The molecule has 0 aliphatic carbocycles. The number of para-hydroxylation sites is 1. The van der Waals surface area contributed by atoms with E-state index in [1.54, 1.807) is 11.6 Å². The number of quaternary nitrogens is 1. The molecule has 0 amide bonds. The molecule has 1 saturated heterocycles. The summed E-state index contributed by atoms with van der Waals surface area (Å²) in [6, 6.07) is 17.7. The number of aromatic nitrogens is 2.